The Hall–Kier alpha value is -3.34. The van der Waals surface area contributed by atoms with Gasteiger partial charge in [-0.15, -0.1) is 0 Å². The van der Waals surface area contributed by atoms with Gasteiger partial charge in [-0.25, -0.2) is 0 Å². The molecule has 0 aliphatic heterocycles. The molecule has 1 aliphatic carbocycles. The van der Waals surface area contributed by atoms with E-state index in [9.17, 15) is 0 Å². The molecule has 1 saturated carbocycles. The molecule has 0 spiro atoms. The van der Waals surface area contributed by atoms with Gasteiger partial charge >= 0.3 is 0 Å². The van der Waals surface area contributed by atoms with Crippen LogP contribution in [0.2, 0.25) is 0 Å². The van der Waals surface area contributed by atoms with E-state index < -0.39 is 15.8 Å². The summed E-state index contributed by atoms with van der Waals surface area (Å²) in [4.78, 5) is 0. The molecule has 47 heavy (non-hydrogen) atoms. The highest BCUT2D eigenvalue weighted by atomic mass is 31.1. The lowest BCUT2D eigenvalue weighted by atomic mass is 9.74. The van der Waals surface area contributed by atoms with Crippen LogP contribution in [-0.4, -0.2) is 17.9 Å². The summed E-state index contributed by atoms with van der Waals surface area (Å²) in [5.41, 5.74) is 4.00. The second-order valence-corrected chi connectivity index (χ2v) is 18.5. The summed E-state index contributed by atoms with van der Waals surface area (Å²) in [6.45, 7) is 11.0. The van der Waals surface area contributed by atoms with Crippen LogP contribution in [0.15, 0.2) is 152 Å². The van der Waals surface area contributed by atoms with Crippen LogP contribution in [0, 0.1) is 11.3 Å². The number of rotatable bonds is 14. The molecule has 240 valence electrons. The van der Waals surface area contributed by atoms with E-state index in [1.165, 1.54) is 58.0 Å². The Balaban J connectivity index is 1.28. The first-order valence-electron chi connectivity index (χ1n) is 17.2. The third kappa shape index (κ3) is 8.39. The summed E-state index contributed by atoms with van der Waals surface area (Å²) in [7, 11) is -1.06. The monoisotopic (exact) mass is 653 g/mol. The van der Waals surface area contributed by atoms with E-state index in [0.29, 0.717) is 17.2 Å². The van der Waals surface area contributed by atoms with E-state index in [0.717, 1.165) is 13.1 Å². The molecule has 6 rings (SSSR count). The molecule has 1 N–H and O–H groups in total. The average Bonchev–Trinajstić information content (AvgIpc) is 3.55. The number of benzene rings is 5. The van der Waals surface area contributed by atoms with Gasteiger partial charge in [0.05, 0.1) is 0 Å². The standard InChI is InChI=1S/C44H49NP2/c1-4-35-26-28-36(29-27-35)34-45-31-17-30-44(2,3)37-32-42(46(38-18-9-5-10-19-38)39-20-11-6-12-21-39)43(33-37)47(40-22-13-7-14-23-40)41-24-15-8-16-25-41/h4-16,18-29,37,42-43,45H,1,17,30-34H2,2-3H3. The quantitative estimate of drug-likeness (QED) is 0.0930. The van der Waals surface area contributed by atoms with Crippen molar-refractivity contribution in [3.05, 3.63) is 163 Å². The normalized spacial score (nSPS) is 18.1. The molecule has 0 radical (unpaired) electrons. The van der Waals surface area contributed by atoms with Gasteiger partial charge in [-0.1, -0.05) is 172 Å². The maximum atomic E-state index is 3.88. The first-order valence-corrected chi connectivity index (χ1v) is 20.1. The Morgan fingerprint density at radius 2 is 1.02 bits per heavy atom. The van der Waals surface area contributed by atoms with E-state index in [-0.39, 0.29) is 5.41 Å². The highest BCUT2D eigenvalue weighted by Crippen LogP contribution is 2.61. The van der Waals surface area contributed by atoms with Crippen molar-refractivity contribution < 1.29 is 0 Å². The van der Waals surface area contributed by atoms with Crippen molar-refractivity contribution in [3.8, 4) is 0 Å². The van der Waals surface area contributed by atoms with Gasteiger partial charge in [0.25, 0.3) is 0 Å². The van der Waals surface area contributed by atoms with Gasteiger partial charge in [-0.05, 0) is 103 Å². The zero-order valence-electron chi connectivity index (χ0n) is 28.0. The Morgan fingerprint density at radius 3 is 1.40 bits per heavy atom. The molecule has 0 saturated heterocycles. The van der Waals surface area contributed by atoms with E-state index in [4.69, 9.17) is 0 Å². The first-order chi connectivity index (χ1) is 23.0. The molecule has 5 aromatic carbocycles. The molecule has 1 aliphatic rings. The molecule has 0 amide bonds. The van der Waals surface area contributed by atoms with Crippen molar-refractivity contribution in [1.29, 1.82) is 0 Å². The summed E-state index contributed by atoms with van der Waals surface area (Å²) < 4.78 is 0. The lowest BCUT2D eigenvalue weighted by Gasteiger charge is -2.35. The van der Waals surface area contributed by atoms with E-state index >= 15 is 0 Å². The number of nitrogens with one attached hydrogen (secondary N) is 1. The number of hydrogen-bond donors (Lipinski definition) is 1. The van der Waals surface area contributed by atoms with Crippen molar-refractivity contribution >= 4 is 43.1 Å². The zero-order valence-corrected chi connectivity index (χ0v) is 29.8. The molecule has 0 bridgehead atoms. The van der Waals surface area contributed by atoms with Crippen LogP contribution >= 0.6 is 15.8 Å². The van der Waals surface area contributed by atoms with Crippen molar-refractivity contribution in [2.75, 3.05) is 6.54 Å². The highest BCUT2D eigenvalue weighted by Gasteiger charge is 2.48. The Labute approximate surface area is 286 Å². The Bertz CT molecular complexity index is 1480. The van der Waals surface area contributed by atoms with E-state index in [2.05, 4.69) is 171 Å². The lowest BCUT2D eigenvalue weighted by Crippen LogP contribution is -2.31. The molecule has 1 fully saturated rings. The molecule has 0 aromatic heterocycles. The average molecular weight is 654 g/mol. The fourth-order valence-electron chi connectivity index (χ4n) is 7.48. The predicted octanol–water partition coefficient (Wildman–Crippen LogP) is 9.64. The number of hydrogen-bond acceptors (Lipinski definition) is 1. The Morgan fingerprint density at radius 1 is 0.617 bits per heavy atom. The highest BCUT2D eigenvalue weighted by molar-refractivity contribution is 7.77. The van der Waals surface area contributed by atoms with Gasteiger partial charge in [0.2, 0.25) is 0 Å². The van der Waals surface area contributed by atoms with Crippen LogP contribution in [0.1, 0.15) is 50.7 Å². The maximum absolute atomic E-state index is 3.88. The molecule has 0 heterocycles. The van der Waals surface area contributed by atoms with E-state index in [1.807, 2.05) is 6.08 Å². The molecule has 5 aromatic rings. The molecule has 2 atom stereocenters. The molecule has 3 heteroatoms. The SMILES string of the molecule is C=Cc1ccc(CNCCCC(C)(C)C2CC(P(c3ccccc3)c3ccccc3)C(P(c3ccccc3)c3ccccc3)C2)cc1. The van der Waals surface area contributed by atoms with Crippen LogP contribution in [0.4, 0.5) is 0 Å². The molecular weight excluding hydrogens is 604 g/mol. The predicted molar refractivity (Wildman–Crippen MR) is 210 cm³/mol. The first kappa shape index (κ1) is 33.6. The Kier molecular flexibility index (Phi) is 11.5. The van der Waals surface area contributed by atoms with Crippen LogP contribution < -0.4 is 26.5 Å². The van der Waals surface area contributed by atoms with Gasteiger partial charge in [0.15, 0.2) is 0 Å². The van der Waals surface area contributed by atoms with Crippen LogP contribution in [0.25, 0.3) is 6.08 Å². The van der Waals surface area contributed by atoms with Crippen molar-refractivity contribution in [3.63, 3.8) is 0 Å². The van der Waals surface area contributed by atoms with Crippen molar-refractivity contribution in [2.24, 2.45) is 11.3 Å². The molecular formula is C44H49NP2. The van der Waals surface area contributed by atoms with Gasteiger partial charge in [0.1, 0.15) is 0 Å². The van der Waals surface area contributed by atoms with Crippen LogP contribution in [0.5, 0.6) is 0 Å². The fraction of sp³-hybridized carbons (Fsp3) is 0.273. The third-order valence-corrected chi connectivity index (χ3v) is 16.2. The van der Waals surface area contributed by atoms with Crippen LogP contribution in [0.3, 0.4) is 0 Å². The fourth-order valence-corrected chi connectivity index (χ4v) is 14.2. The summed E-state index contributed by atoms with van der Waals surface area (Å²) in [6.07, 6.45) is 6.91. The van der Waals surface area contributed by atoms with Crippen LogP contribution in [-0.2, 0) is 6.54 Å². The largest absolute Gasteiger partial charge is 0.313 e. The second kappa shape index (κ2) is 16.2. The second-order valence-electron chi connectivity index (χ2n) is 13.6. The maximum Gasteiger partial charge on any atom is 0.0205 e. The molecule has 2 unspecified atom stereocenters. The topological polar surface area (TPSA) is 12.0 Å². The smallest absolute Gasteiger partial charge is 0.0205 e. The zero-order chi connectivity index (χ0) is 32.5. The van der Waals surface area contributed by atoms with E-state index in [1.54, 1.807) is 0 Å². The minimum atomic E-state index is -0.529. The summed E-state index contributed by atoms with van der Waals surface area (Å²) in [5.74, 6) is 0.679. The molecule has 1 nitrogen and oxygen atoms in total. The lowest BCUT2D eigenvalue weighted by molar-refractivity contribution is 0.194. The minimum absolute atomic E-state index is 0.267. The van der Waals surface area contributed by atoms with Gasteiger partial charge in [0, 0.05) is 6.54 Å². The summed E-state index contributed by atoms with van der Waals surface area (Å²) >= 11 is 0. The third-order valence-electron chi connectivity index (χ3n) is 10.1. The summed E-state index contributed by atoms with van der Waals surface area (Å²) in [5, 5.41) is 9.79. The van der Waals surface area contributed by atoms with Gasteiger partial charge in [-0.2, -0.15) is 0 Å². The minimum Gasteiger partial charge on any atom is -0.313 e. The van der Waals surface area contributed by atoms with Gasteiger partial charge in [-0.3, -0.25) is 0 Å². The summed E-state index contributed by atoms with van der Waals surface area (Å²) in [6, 6.07) is 54.6. The van der Waals surface area contributed by atoms with Crippen molar-refractivity contribution in [2.45, 2.75) is 57.4 Å². The van der Waals surface area contributed by atoms with Gasteiger partial charge < -0.3 is 5.32 Å². The van der Waals surface area contributed by atoms with Crippen molar-refractivity contribution in [1.82, 2.24) is 5.32 Å².